The molecule has 0 aliphatic carbocycles. The van der Waals surface area contributed by atoms with Crippen LogP contribution in [0.25, 0.3) is 0 Å². The van der Waals surface area contributed by atoms with Crippen molar-refractivity contribution < 1.29 is 26.3 Å². The van der Waals surface area contributed by atoms with Crippen molar-refractivity contribution in [3.05, 3.63) is 35.0 Å². The second-order valence-electron chi connectivity index (χ2n) is 3.65. The van der Waals surface area contributed by atoms with Gasteiger partial charge in [-0.05, 0) is 17.5 Å². The van der Waals surface area contributed by atoms with Gasteiger partial charge in [-0.3, -0.25) is 0 Å². The van der Waals surface area contributed by atoms with E-state index in [0.717, 1.165) is 0 Å². The van der Waals surface area contributed by atoms with Gasteiger partial charge in [0, 0.05) is 6.20 Å². The lowest BCUT2D eigenvalue weighted by Crippen LogP contribution is -2.19. The van der Waals surface area contributed by atoms with E-state index in [1.54, 1.807) is 5.41 Å². The molecule has 0 aromatic carbocycles. The summed E-state index contributed by atoms with van der Waals surface area (Å²) in [5.41, 5.74) is -2.92. The van der Waals surface area contributed by atoms with Crippen LogP contribution in [0.5, 0.6) is 0 Å². The van der Waals surface area contributed by atoms with Gasteiger partial charge in [0.25, 0.3) is 0 Å². The van der Waals surface area contributed by atoms with E-state index in [1.165, 1.54) is 22.9 Å². The number of rotatable bonds is 1. The van der Waals surface area contributed by atoms with Crippen LogP contribution in [-0.4, -0.2) is 10.9 Å². The Bertz CT molecular complexity index is 475. The molecule has 0 amide bonds. The molecule has 2 heterocycles. The van der Waals surface area contributed by atoms with Gasteiger partial charge < -0.3 is 4.90 Å². The van der Waals surface area contributed by atoms with E-state index in [1.807, 2.05) is 0 Å². The Morgan fingerprint density at radius 1 is 1.05 bits per heavy atom. The van der Waals surface area contributed by atoms with Gasteiger partial charge in [0.05, 0.1) is 11.4 Å². The van der Waals surface area contributed by atoms with Gasteiger partial charge in [-0.15, -0.1) is 11.8 Å². The first-order chi connectivity index (χ1) is 8.68. The number of thioether (sulfide) groups is 1. The maximum absolute atomic E-state index is 12.6. The zero-order valence-electron chi connectivity index (χ0n) is 9.09. The first-order valence-corrected chi connectivity index (χ1v) is 5.94. The quantitative estimate of drug-likeness (QED) is 0.726. The number of aromatic nitrogens is 1. The number of anilines is 1. The van der Waals surface area contributed by atoms with Crippen molar-refractivity contribution in [1.29, 1.82) is 0 Å². The van der Waals surface area contributed by atoms with Crippen molar-refractivity contribution in [3.8, 4) is 0 Å². The summed E-state index contributed by atoms with van der Waals surface area (Å²) in [4.78, 5) is 4.45. The Kier molecular flexibility index (Phi) is 3.41. The number of pyridine rings is 1. The Morgan fingerprint density at radius 3 is 2.21 bits per heavy atom. The molecule has 0 fully saturated rings. The van der Waals surface area contributed by atoms with Crippen molar-refractivity contribution in [2.45, 2.75) is 12.4 Å². The number of alkyl halides is 6. The van der Waals surface area contributed by atoms with Crippen LogP contribution in [0.2, 0.25) is 0 Å². The van der Waals surface area contributed by atoms with E-state index in [4.69, 9.17) is 0 Å². The van der Waals surface area contributed by atoms with Gasteiger partial charge in [0.2, 0.25) is 0 Å². The molecule has 9 heteroatoms. The monoisotopic (exact) mass is 300 g/mol. The SMILES string of the molecule is FC(F)(F)c1cc(N2C=CSC2)nc(C(F)(F)F)c1. The summed E-state index contributed by atoms with van der Waals surface area (Å²) in [5, 5.41) is 1.56. The van der Waals surface area contributed by atoms with Gasteiger partial charge in [-0.25, -0.2) is 4.98 Å². The maximum Gasteiger partial charge on any atom is 0.433 e. The minimum atomic E-state index is -4.92. The van der Waals surface area contributed by atoms with E-state index in [0.29, 0.717) is 6.07 Å². The molecule has 0 unspecified atom stereocenters. The molecule has 19 heavy (non-hydrogen) atoms. The Hall–Kier alpha value is -1.38. The van der Waals surface area contributed by atoms with Crippen molar-refractivity contribution >= 4 is 17.6 Å². The third kappa shape index (κ3) is 3.14. The molecule has 2 nitrogen and oxygen atoms in total. The average Bonchev–Trinajstić information content (AvgIpc) is 2.79. The number of nitrogens with zero attached hydrogens (tertiary/aromatic N) is 2. The minimum absolute atomic E-state index is 0.0103. The molecule has 1 aliphatic rings. The van der Waals surface area contributed by atoms with E-state index in [2.05, 4.69) is 4.98 Å². The molecular weight excluding hydrogens is 294 g/mol. The molecule has 1 aliphatic heterocycles. The van der Waals surface area contributed by atoms with Crippen LogP contribution in [-0.2, 0) is 12.4 Å². The summed E-state index contributed by atoms with van der Waals surface area (Å²) in [6.45, 7) is 0. The molecule has 0 bridgehead atoms. The fourth-order valence-electron chi connectivity index (χ4n) is 1.40. The first-order valence-electron chi connectivity index (χ1n) is 4.89. The molecule has 1 aromatic rings. The van der Waals surface area contributed by atoms with Crippen LogP contribution in [0.3, 0.4) is 0 Å². The lowest BCUT2D eigenvalue weighted by Gasteiger charge is -2.18. The van der Waals surface area contributed by atoms with Gasteiger partial charge >= 0.3 is 12.4 Å². The average molecular weight is 300 g/mol. The Labute approximate surface area is 108 Å². The van der Waals surface area contributed by atoms with E-state index >= 15 is 0 Å². The number of halogens is 6. The molecule has 2 rings (SSSR count). The minimum Gasteiger partial charge on any atom is -0.322 e. The maximum atomic E-state index is 12.6. The Balaban J connectivity index is 2.52. The van der Waals surface area contributed by atoms with Gasteiger partial charge in [0.15, 0.2) is 0 Å². The van der Waals surface area contributed by atoms with Crippen molar-refractivity contribution in [2.24, 2.45) is 0 Å². The van der Waals surface area contributed by atoms with Crippen LogP contribution in [0.15, 0.2) is 23.7 Å². The molecule has 0 atom stereocenters. The molecule has 0 saturated heterocycles. The van der Waals surface area contributed by atoms with Gasteiger partial charge in [0.1, 0.15) is 11.5 Å². The molecular formula is C10H6F6N2S. The lowest BCUT2D eigenvalue weighted by atomic mass is 10.2. The predicted octanol–water partition coefficient (Wildman–Crippen LogP) is 4.10. The van der Waals surface area contributed by atoms with Crippen LogP contribution >= 0.6 is 11.8 Å². The number of hydrogen-bond acceptors (Lipinski definition) is 3. The highest BCUT2D eigenvalue weighted by atomic mass is 32.2. The van der Waals surface area contributed by atoms with Crippen LogP contribution in [0.4, 0.5) is 32.2 Å². The molecule has 0 radical (unpaired) electrons. The summed E-state index contributed by atoms with van der Waals surface area (Å²) in [6, 6.07) is 0.613. The van der Waals surface area contributed by atoms with Crippen molar-refractivity contribution in [1.82, 2.24) is 4.98 Å². The zero-order valence-corrected chi connectivity index (χ0v) is 9.90. The second-order valence-corrected chi connectivity index (χ2v) is 4.51. The number of hydrogen-bond donors (Lipinski definition) is 0. The molecule has 0 N–H and O–H groups in total. The molecule has 1 aromatic heterocycles. The highest BCUT2D eigenvalue weighted by Gasteiger charge is 2.38. The summed E-state index contributed by atoms with van der Waals surface area (Å²) in [5.74, 6) is -0.144. The topological polar surface area (TPSA) is 16.1 Å². The smallest absolute Gasteiger partial charge is 0.322 e. The summed E-state index contributed by atoms with van der Waals surface area (Å²) < 4.78 is 75.4. The fraction of sp³-hybridized carbons (Fsp3) is 0.300. The third-order valence-corrected chi connectivity index (χ3v) is 3.02. The largest absolute Gasteiger partial charge is 0.433 e. The predicted molar refractivity (Wildman–Crippen MR) is 58.3 cm³/mol. The fourth-order valence-corrected chi connectivity index (χ4v) is 2.10. The Morgan fingerprint density at radius 2 is 1.74 bits per heavy atom. The van der Waals surface area contributed by atoms with Crippen molar-refractivity contribution in [3.63, 3.8) is 0 Å². The van der Waals surface area contributed by atoms with Crippen molar-refractivity contribution in [2.75, 3.05) is 10.8 Å². The zero-order chi connectivity index (χ0) is 14.3. The second kappa shape index (κ2) is 4.62. The van der Waals surface area contributed by atoms with E-state index in [9.17, 15) is 26.3 Å². The summed E-state index contributed by atoms with van der Waals surface area (Å²) >= 11 is 1.25. The lowest BCUT2D eigenvalue weighted by molar-refractivity contribution is -0.145. The van der Waals surface area contributed by atoms with Crippen LogP contribution in [0.1, 0.15) is 11.3 Å². The van der Waals surface area contributed by atoms with E-state index < -0.39 is 23.6 Å². The summed E-state index contributed by atoms with van der Waals surface area (Å²) in [7, 11) is 0. The van der Waals surface area contributed by atoms with Crippen LogP contribution in [0, 0.1) is 0 Å². The van der Waals surface area contributed by atoms with E-state index in [-0.39, 0.29) is 17.8 Å². The highest BCUT2D eigenvalue weighted by molar-refractivity contribution is 8.02. The first kappa shape index (κ1) is 14.0. The third-order valence-electron chi connectivity index (χ3n) is 2.27. The summed E-state index contributed by atoms with van der Waals surface area (Å²) in [6.07, 6.45) is -8.39. The normalized spacial score (nSPS) is 16.2. The molecule has 0 saturated carbocycles. The van der Waals surface area contributed by atoms with Gasteiger partial charge in [-0.1, -0.05) is 0 Å². The van der Waals surface area contributed by atoms with Gasteiger partial charge in [-0.2, -0.15) is 26.3 Å². The van der Waals surface area contributed by atoms with Crippen LogP contribution < -0.4 is 4.90 Å². The highest BCUT2D eigenvalue weighted by Crippen LogP contribution is 2.37. The standard InChI is InChI=1S/C10H6F6N2S/c11-9(12,13)6-3-7(10(14,15)16)17-8(4-6)18-1-2-19-5-18/h1-4H,5H2. The molecule has 104 valence electrons. The molecule has 0 spiro atoms.